The number of aromatic nitrogens is 2. The summed E-state index contributed by atoms with van der Waals surface area (Å²) in [5.41, 5.74) is 0.513. The number of hydrogen-bond donors (Lipinski definition) is 1. The van der Waals surface area contributed by atoms with E-state index in [2.05, 4.69) is 5.10 Å². The molecule has 1 atom stereocenters. The second kappa shape index (κ2) is 6.66. The van der Waals surface area contributed by atoms with E-state index in [4.69, 9.17) is 4.74 Å². The maximum absolute atomic E-state index is 12.5. The minimum atomic E-state index is -4.35. The Morgan fingerprint density at radius 3 is 2.72 bits per heavy atom. The van der Waals surface area contributed by atoms with E-state index in [1.165, 1.54) is 0 Å². The van der Waals surface area contributed by atoms with E-state index in [1.54, 1.807) is 4.90 Å². The Labute approximate surface area is 141 Å². The molecule has 3 rings (SSSR count). The number of carbonyl (C=O) groups is 2. The molecule has 0 bridgehead atoms. The first kappa shape index (κ1) is 17.7. The summed E-state index contributed by atoms with van der Waals surface area (Å²) in [5, 5.41) is 13.1. The van der Waals surface area contributed by atoms with E-state index < -0.39 is 25.1 Å². The predicted molar refractivity (Wildman–Crippen MR) is 77.9 cm³/mol. The number of carboxylic acid groups (broad SMARTS) is 1. The lowest BCUT2D eigenvalue weighted by Gasteiger charge is -2.29. The molecule has 25 heavy (non-hydrogen) atoms. The highest BCUT2D eigenvalue weighted by Gasteiger charge is 2.35. The van der Waals surface area contributed by atoms with Crippen LogP contribution in [-0.2, 0) is 29.0 Å². The van der Waals surface area contributed by atoms with Crippen molar-refractivity contribution in [2.75, 3.05) is 19.8 Å². The van der Waals surface area contributed by atoms with E-state index in [1.807, 2.05) is 0 Å². The van der Waals surface area contributed by atoms with Crippen LogP contribution in [0, 0.1) is 5.92 Å². The van der Waals surface area contributed by atoms with Gasteiger partial charge in [-0.15, -0.1) is 0 Å². The van der Waals surface area contributed by atoms with Crippen LogP contribution in [0.25, 0.3) is 0 Å². The first-order valence-corrected chi connectivity index (χ1v) is 8.01. The van der Waals surface area contributed by atoms with Crippen molar-refractivity contribution in [1.29, 1.82) is 0 Å². The second-order valence-electron chi connectivity index (χ2n) is 6.24. The fourth-order valence-corrected chi connectivity index (χ4v) is 3.26. The number of aryl methyl sites for hydroxylation is 1. The van der Waals surface area contributed by atoms with Crippen LogP contribution in [0.3, 0.4) is 0 Å². The highest BCUT2D eigenvalue weighted by molar-refractivity contribution is 5.88. The van der Waals surface area contributed by atoms with Gasteiger partial charge in [0, 0.05) is 43.9 Å². The summed E-state index contributed by atoms with van der Waals surface area (Å²) >= 11 is 0. The van der Waals surface area contributed by atoms with Crippen LogP contribution >= 0.6 is 0 Å². The Balaban J connectivity index is 1.81. The van der Waals surface area contributed by atoms with Gasteiger partial charge >= 0.3 is 12.1 Å². The van der Waals surface area contributed by atoms with Crippen LogP contribution in [-0.4, -0.2) is 57.6 Å². The molecule has 1 saturated heterocycles. The van der Waals surface area contributed by atoms with Crippen molar-refractivity contribution < 1.29 is 32.6 Å². The number of carboxylic acids is 1. The number of alkyl halides is 3. The number of rotatable bonds is 4. The molecule has 10 heteroatoms. The third-order valence-corrected chi connectivity index (χ3v) is 4.53. The van der Waals surface area contributed by atoms with Crippen molar-refractivity contribution in [3.05, 3.63) is 17.0 Å². The molecule has 1 unspecified atom stereocenters. The van der Waals surface area contributed by atoms with Crippen LogP contribution in [0.1, 0.15) is 34.6 Å². The fraction of sp³-hybridized carbons (Fsp3) is 0.667. The zero-order chi connectivity index (χ0) is 18.2. The van der Waals surface area contributed by atoms with Gasteiger partial charge < -0.3 is 14.7 Å². The Morgan fingerprint density at radius 2 is 2.12 bits per heavy atom. The van der Waals surface area contributed by atoms with Gasteiger partial charge in [-0.2, -0.15) is 18.3 Å². The van der Waals surface area contributed by atoms with E-state index in [9.17, 15) is 27.9 Å². The monoisotopic (exact) mass is 361 g/mol. The van der Waals surface area contributed by atoms with Gasteiger partial charge in [-0.25, -0.2) is 4.79 Å². The standard InChI is InChI=1S/C15H18F3N3O4/c16-15(17,18)3-5-21-11-1-4-20(13(22)9-2-6-25-8-9)7-10(11)12(19-21)14(23)24/h9H,1-8H2,(H,23,24). The van der Waals surface area contributed by atoms with Crippen molar-refractivity contribution in [2.24, 2.45) is 5.92 Å². The minimum absolute atomic E-state index is 0.0539. The van der Waals surface area contributed by atoms with Crippen molar-refractivity contribution in [3.63, 3.8) is 0 Å². The summed E-state index contributed by atoms with van der Waals surface area (Å²) in [6.07, 6.45) is -4.52. The molecule has 1 amide bonds. The van der Waals surface area contributed by atoms with Crippen LogP contribution in [0.2, 0.25) is 0 Å². The summed E-state index contributed by atoms with van der Waals surface area (Å²) < 4.78 is 43.7. The van der Waals surface area contributed by atoms with Crippen molar-refractivity contribution in [2.45, 2.75) is 38.5 Å². The molecule has 0 spiro atoms. The number of fused-ring (bicyclic) bond motifs is 1. The van der Waals surface area contributed by atoms with Gasteiger partial charge in [0.25, 0.3) is 0 Å². The first-order chi connectivity index (χ1) is 11.8. The molecule has 0 aliphatic carbocycles. The Morgan fingerprint density at radius 1 is 1.36 bits per heavy atom. The van der Waals surface area contributed by atoms with E-state index in [0.717, 1.165) is 4.68 Å². The molecule has 2 aliphatic heterocycles. The van der Waals surface area contributed by atoms with E-state index in [0.29, 0.717) is 37.4 Å². The molecular weight excluding hydrogens is 343 g/mol. The van der Waals surface area contributed by atoms with Crippen molar-refractivity contribution in [3.8, 4) is 0 Å². The van der Waals surface area contributed by atoms with Crippen molar-refractivity contribution in [1.82, 2.24) is 14.7 Å². The minimum Gasteiger partial charge on any atom is -0.476 e. The zero-order valence-electron chi connectivity index (χ0n) is 13.4. The maximum atomic E-state index is 12.5. The summed E-state index contributed by atoms with van der Waals surface area (Å²) in [6, 6.07) is 0. The third-order valence-electron chi connectivity index (χ3n) is 4.53. The second-order valence-corrected chi connectivity index (χ2v) is 6.24. The van der Waals surface area contributed by atoms with Crippen LogP contribution in [0.5, 0.6) is 0 Å². The predicted octanol–water partition coefficient (Wildman–Crippen LogP) is 1.45. The molecule has 1 N–H and O–H groups in total. The Kier molecular flexibility index (Phi) is 4.72. The Bertz CT molecular complexity index is 680. The zero-order valence-corrected chi connectivity index (χ0v) is 13.4. The van der Waals surface area contributed by atoms with E-state index >= 15 is 0 Å². The van der Waals surface area contributed by atoms with Gasteiger partial charge in [-0.3, -0.25) is 9.48 Å². The lowest BCUT2D eigenvalue weighted by Crippen LogP contribution is -2.40. The average molecular weight is 361 g/mol. The van der Waals surface area contributed by atoms with Crippen LogP contribution in [0.4, 0.5) is 13.2 Å². The maximum Gasteiger partial charge on any atom is 0.390 e. The fourth-order valence-electron chi connectivity index (χ4n) is 3.26. The van der Waals surface area contributed by atoms with Crippen molar-refractivity contribution >= 4 is 11.9 Å². The number of nitrogens with zero attached hydrogens (tertiary/aromatic N) is 3. The third kappa shape index (κ3) is 3.78. The molecule has 0 aromatic carbocycles. The van der Waals surface area contributed by atoms with Gasteiger partial charge in [0.05, 0.1) is 18.9 Å². The highest BCUT2D eigenvalue weighted by Crippen LogP contribution is 2.27. The molecule has 1 fully saturated rings. The van der Waals surface area contributed by atoms with E-state index in [-0.39, 0.29) is 30.5 Å². The van der Waals surface area contributed by atoms with Crippen LogP contribution < -0.4 is 0 Å². The molecular formula is C15H18F3N3O4. The summed E-state index contributed by atoms with van der Waals surface area (Å²) in [5.74, 6) is -1.65. The summed E-state index contributed by atoms with van der Waals surface area (Å²) in [4.78, 5) is 25.4. The lowest BCUT2D eigenvalue weighted by molar-refractivity contribution is -0.137. The van der Waals surface area contributed by atoms with Gasteiger partial charge in [-0.05, 0) is 6.42 Å². The smallest absolute Gasteiger partial charge is 0.390 e. The largest absolute Gasteiger partial charge is 0.476 e. The molecule has 138 valence electrons. The van der Waals surface area contributed by atoms with Gasteiger partial charge in [0.2, 0.25) is 5.91 Å². The molecule has 3 heterocycles. The number of halogens is 3. The average Bonchev–Trinajstić information content (AvgIpc) is 3.19. The molecule has 0 radical (unpaired) electrons. The number of ether oxygens (including phenoxy) is 1. The Hall–Kier alpha value is -2.10. The summed E-state index contributed by atoms with van der Waals surface area (Å²) in [7, 11) is 0. The summed E-state index contributed by atoms with van der Waals surface area (Å²) in [6.45, 7) is 0.824. The number of amides is 1. The van der Waals surface area contributed by atoms with Gasteiger partial charge in [0.15, 0.2) is 5.69 Å². The molecule has 1 aromatic heterocycles. The normalized spacial score (nSPS) is 20.6. The molecule has 0 saturated carbocycles. The number of hydrogen-bond acceptors (Lipinski definition) is 4. The molecule has 7 nitrogen and oxygen atoms in total. The SMILES string of the molecule is O=C(O)c1nn(CCC(F)(F)F)c2c1CN(C(=O)C1CCOC1)CC2. The first-order valence-electron chi connectivity index (χ1n) is 8.01. The lowest BCUT2D eigenvalue weighted by atomic mass is 10.0. The van der Waals surface area contributed by atoms with Crippen LogP contribution in [0.15, 0.2) is 0 Å². The number of carbonyl (C=O) groups excluding carboxylic acids is 1. The quantitative estimate of drug-likeness (QED) is 0.878. The molecule has 2 aliphatic rings. The van der Waals surface area contributed by atoms with Gasteiger partial charge in [-0.1, -0.05) is 0 Å². The topological polar surface area (TPSA) is 84.7 Å². The van der Waals surface area contributed by atoms with Gasteiger partial charge in [0.1, 0.15) is 0 Å². The molecule has 1 aromatic rings. The highest BCUT2D eigenvalue weighted by atomic mass is 19.4. The number of aromatic carboxylic acids is 1.